The third-order valence-electron chi connectivity index (χ3n) is 4.37. The van der Waals surface area contributed by atoms with Crippen molar-refractivity contribution in [3.63, 3.8) is 0 Å². The number of carbonyl (C=O) groups is 1. The molecule has 120 valence electrons. The van der Waals surface area contributed by atoms with Crippen LogP contribution >= 0.6 is 0 Å². The van der Waals surface area contributed by atoms with Crippen LogP contribution in [0.2, 0.25) is 0 Å². The van der Waals surface area contributed by atoms with Gasteiger partial charge in [-0.1, -0.05) is 0 Å². The van der Waals surface area contributed by atoms with E-state index in [2.05, 4.69) is 14.9 Å². The topological polar surface area (TPSA) is 61.8 Å². The predicted molar refractivity (Wildman–Crippen MR) is 82.8 cm³/mol. The van der Waals surface area contributed by atoms with Crippen LogP contribution in [-0.2, 0) is 4.74 Å². The second-order valence-corrected chi connectivity index (χ2v) is 6.37. The number of hydrogen-bond acceptors (Lipinski definition) is 5. The molecule has 0 radical (unpaired) electrons. The quantitative estimate of drug-likeness (QED) is 0.764. The molecular weight excluding hydrogens is 282 g/mol. The lowest BCUT2D eigenvalue weighted by molar-refractivity contribution is 0.0801. The van der Waals surface area contributed by atoms with Gasteiger partial charge in [0.1, 0.15) is 0 Å². The van der Waals surface area contributed by atoms with E-state index in [1.54, 1.807) is 31.4 Å². The Bertz CT molecular complexity index is 524. The first-order chi connectivity index (χ1) is 10.6. The summed E-state index contributed by atoms with van der Waals surface area (Å²) in [6, 6.07) is 1.88. The molecule has 2 aliphatic heterocycles. The van der Waals surface area contributed by atoms with Crippen molar-refractivity contribution in [3.8, 4) is 0 Å². The molecule has 1 aromatic rings. The number of amides is 2. The van der Waals surface area contributed by atoms with Crippen molar-refractivity contribution in [2.75, 3.05) is 58.4 Å². The Kier molecular flexibility index (Phi) is 4.15. The van der Waals surface area contributed by atoms with Crippen molar-refractivity contribution in [1.29, 1.82) is 0 Å². The van der Waals surface area contributed by atoms with E-state index in [-0.39, 0.29) is 11.4 Å². The average molecular weight is 305 g/mol. The number of rotatable bonds is 1. The molecule has 2 saturated heterocycles. The first-order valence-corrected chi connectivity index (χ1v) is 7.66. The van der Waals surface area contributed by atoms with Gasteiger partial charge in [-0.2, -0.15) is 0 Å². The number of aromatic nitrogens is 2. The molecule has 1 spiro atoms. The highest BCUT2D eigenvalue weighted by atomic mass is 16.5. The van der Waals surface area contributed by atoms with Gasteiger partial charge in [-0.25, -0.2) is 14.8 Å². The molecule has 7 heteroatoms. The second kappa shape index (κ2) is 6.08. The lowest BCUT2D eigenvalue weighted by Gasteiger charge is -2.33. The molecule has 3 heterocycles. The van der Waals surface area contributed by atoms with Gasteiger partial charge in [0.05, 0.1) is 13.2 Å². The van der Waals surface area contributed by atoms with Crippen LogP contribution in [0, 0.1) is 5.41 Å². The molecule has 1 atom stereocenters. The van der Waals surface area contributed by atoms with Crippen molar-refractivity contribution < 1.29 is 9.53 Å². The molecule has 2 amide bonds. The molecule has 0 aromatic carbocycles. The van der Waals surface area contributed by atoms with Gasteiger partial charge < -0.3 is 19.4 Å². The summed E-state index contributed by atoms with van der Waals surface area (Å²) in [6.07, 6.45) is 4.51. The van der Waals surface area contributed by atoms with Gasteiger partial charge in [0, 0.05) is 58.1 Å². The molecule has 2 fully saturated rings. The SMILES string of the molecule is CN(C)C(=O)N1CCOC[C@@]2(CCN(c3ncccn3)C2)C1. The first kappa shape index (κ1) is 15.0. The highest BCUT2D eigenvalue weighted by molar-refractivity contribution is 5.74. The lowest BCUT2D eigenvalue weighted by atomic mass is 9.87. The first-order valence-electron chi connectivity index (χ1n) is 7.66. The molecule has 2 aliphatic rings. The normalized spacial score (nSPS) is 25.4. The Hall–Kier alpha value is -1.89. The Morgan fingerprint density at radius 2 is 2.05 bits per heavy atom. The number of urea groups is 1. The summed E-state index contributed by atoms with van der Waals surface area (Å²) in [5.41, 5.74) is -0.0264. The molecule has 7 nitrogen and oxygen atoms in total. The van der Waals surface area contributed by atoms with Gasteiger partial charge in [-0.15, -0.1) is 0 Å². The molecule has 22 heavy (non-hydrogen) atoms. The van der Waals surface area contributed by atoms with Crippen LogP contribution in [0.4, 0.5) is 10.7 Å². The van der Waals surface area contributed by atoms with E-state index in [0.717, 1.165) is 32.0 Å². The Morgan fingerprint density at radius 3 is 2.77 bits per heavy atom. The van der Waals surface area contributed by atoms with E-state index in [9.17, 15) is 4.79 Å². The van der Waals surface area contributed by atoms with Crippen molar-refractivity contribution in [2.45, 2.75) is 6.42 Å². The number of nitrogens with zero attached hydrogens (tertiary/aromatic N) is 5. The summed E-state index contributed by atoms with van der Waals surface area (Å²) in [5.74, 6) is 0.758. The van der Waals surface area contributed by atoms with Crippen LogP contribution in [0.25, 0.3) is 0 Å². The number of ether oxygens (including phenoxy) is 1. The highest BCUT2D eigenvalue weighted by Crippen LogP contribution is 2.34. The van der Waals surface area contributed by atoms with Crippen LogP contribution < -0.4 is 4.90 Å². The number of carbonyl (C=O) groups excluding carboxylic acids is 1. The fourth-order valence-electron chi connectivity index (χ4n) is 3.25. The van der Waals surface area contributed by atoms with Gasteiger partial charge in [0.25, 0.3) is 0 Å². The zero-order valence-corrected chi connectivity index (χ0v) is 13.2. The predicted octanol–water partition coefficient (Wildman–Crippen LogP) is 0.687. The molecule has 1 aromatic heterocycles. The van der Waals surface area contributed by atoms with Crippen LogP contribution in [-0.4, -0.2) is 79.3 Å². The third-order valence-corrected chi connectivity index (χ3v) is 4.37. The van der Waals surface area contributed by atoms with Gasteiger partial charge >= 0.3 is 6.03 Å². The smallest absolute Gasteiger partial charge is 0.319 e. The highest BCUT2D eigenvalue weighted by Gasteiger charge is 2.43. The maximum atomic E-state index is 12.3. The zero-order chi connectivity index (χ0) is 15.6. The van der Waals surface area contributed by atoms with E-state index in [1.165, 1.54) is 0 Å². The molecule has 0 N–H and O–H groups in total. The van der Waals surface area contributed by atoms with E-state index < -0.39 is 0 Å². The molecule has 0 saturated carbocycles. The second-order valence-electron chi connectivity index (χ2n) is 6.37. The monoisotopic (exact) mass is 305 g/mol. The van der Waals surface area contributed by atoms with Crippen LogP contribution in [0.1, 0.15) is 6.42 Å². The summed E-state index contributed by atoms with van der Waals surface area (Å²) >= 11 is 0. The molecular formula is C15H23N5O2. The summed E-state index contributed by atoms with van der Waals surface area (Å²) in [7, 11) is 3.58. The number of hydrogen-bond donors (Lipinski definition) is 0. The van der Waals surface area contributed by atoms with Gasteiger partial charge in [-0.05, 0) is 12.5 Å². The van der Waals surface area contributed by atoms with E-state index >= 15 is 0 Å². The van der Waals surface area contributed by atoms with Crippen molar-refractivity contribution in [2.24, 2.45) is 5.41 Å². The van der Waals surface area contributed by atoms with E-state index in [4.69, 9.17) is 4.74 Å². The van der Waals surface area contributed by atoms with Crippen molar-refractivity contribution >= 4 is 12.0 Å². The molecule has 3 rings (SSSR count). The Morgan fingerprint density at radius 1 is 1.27 bits per heavy atom. The molecule has 0 bridgehead atoms. The van der Waals surface area contributed by atoms with E-state index in [0.29, 0.717) is 19.8 Å². The van der Waals surface area contributed by atoms with Crippen LogP contribution in [0.15, 0.2) is 18.5 Å². The summed E-state index contributed by atoms with van der Waals surface area (Å²) in [5, 5.41) is 0. The standard InChI is InChI=1S/C15H23N5O2/c1-18(2)14(21)20-8-9-22-12-15(11-20)4-7-19(10-15)13-16-5-3-6-17-13/h3,5-6H,4,7-12H2,1-2H3/t15-/m1/s1. The van der Waals surface area contributed by atoms with Gasteiger partial charge in [0.15, 0.2) is 0 Å². The van der Waals surface area contributed by atoms with Crippen LogP contribution in [0.5, 0.6) is 0 Å². The largest absolute Gasteiger partial charge is 0.379 e. The average Bonchev–Trinajstić information content (AvgIpc) is 2.82. The maximum absolute atomic E-state index is 12.3. The van der Waals surface area contributed by atoms with Crippen molar-refractivity contribution in [3.05, 3.63) is 18.5 Å². The lowest BCUT2D eigenvalue weighted by Crippen LogP contribution is -2.47. The minimum atomic E-state index is -0.0264. The Labute approximate surface area is 130 Å². The number of anilines is 1. The van der Waals surface area contributed by atoms with Crippen LogP contribution in [0.3, 0.4) is 0 Å². The maximum Gasteiger partial charge on any atom is 0.319 e. The third kappa shape index (κ3) is 2.99. The van der Waals surface area contributed by atoms with Gasteiger partial charge in [-0.3, -0.25) is 0 Å². The fourth-order valence-corrected chi connectivity index (χ4v) is 3.25. The fraction of sp³-hybridized carbons (Fsp3) is 0.667. The Balaban J connectivity index is 1.74. The summed E-state index contributed by atoms with van der Waals surface area (Å²) in [4.78, 5) is 26.7. The zero-order valence-electron chi connectivity index (χ0n) is 13.2. The van der Waals surface area contributed by atoms with Gasteiger partial charge in [0.2, 0.25) is 5.95 Å². The minimum Gasteiger partial charge on any atom is -0.379 e. The van der Waals surface area contributed by atoms with Crippen molar-refractivity contribution in [1.82, 2.24) is 19.8 Å². The summed E-state index contributed by atoms with van der Waals surface area (Å²) < 4.78 is 5.80. The van der Waals surface area contributed by atoms with E-state index in [1.807, 2.05) is 11.0 Å². The minimum absolute atomic E-state index is 0.0264. The molecule has 0 unspecified atom stereocenters. The molecule has 0 aliphatic carbocycles. The summed E-state index contributed by atoms with van der Waals surface area (Å²) in [6.45, 7) is 4.40.